The number of hydrogen-bond donors (Lipinski definition) is 3. The number of fused-ring (bicyclic) bond motifs is 1. The Kier molecular flexibility index (Phi) is 8.29. The van der Waals surface area contributed by atoms with E-state index in [0.717, 1.165) is 24.0 Å². The number of aryl methyl sites for hydroxylation is 1. The van der Waals surface area contributed by atoms with Crippen LogP contribution in [-0.2, 0) is 23.1 Å². The van der Waals surface area contributed by atoms with Crippen LogP contribution in [0.3, 0.4) is 0 Å². The van der Waals surface area contributed by atoms with Gasteiger partial charge in [-0.15, -0.1) is 0 Å². The molecule has 5 rings (SSSR count). The first-order chi connectivity index (χ1) is 20.5. The summed E-state index contributed by atoms with van der Waals surface area (Å²) in [7, 11) is -5.12. The van der Waals surface area contributed by atoms with E-state index in [1.165, 1.54) is 4.90 Å². The molecule has 10 nitrogen and oxygen atoms in total. The van der Waals surface area contributed by atoms with Gasteiger partial charge in [-0.3, -0.25) is 9.35 Å². The highest BCUT2D eigenvalue weighted by molar-refractivity contribution is 7.86. The molecule has 1 aliphatic rings. The van der Waals surface area contributed by atoms with E-state index in [1.54, 1.807) is 36.4 Å². The maximum absolute atomic E-state index is 14.3. The van der Waals surface area contributed by atoms with E-state index in [9.17, 15) is 37.6 Å². The molecule has 220 valence electrons. The largest absolute Gasteiger partial charge is 0.478 e. The van der Waals surface area contributed by atoms with Crippen LogP contribution < -0.4 is 4.74 Å². The quantitative estimate of drug-likeness (QED) is 0.200. The summed E-state index contributed by atoms with van der Waals surface area (Å²) in [5.74, 6) is -3.10. The molecule has 4 aromatic rings. The first-order valence-corrected chi connectivity index (χ1v) is 14.8. The molecule has 0 aromatic heterocycles. The Bertz CT molecular complexity index is 1820. The van der Waals surface area contributed by atoms with E-state index >= 15 is 0 Å². The Morgan fingerprint density at radius 3 is 2.16 bits per heavy atom. The number of para-hydroxylation sites is 1. The molecular weight excluding hydrogens is 574 g/mol. The first kappa shape index (κ1) is 29.5. The summed E-state index contributed by atoms with van der Waals surface area (Å²) in [5, 5.41) is 19.6. The van der Waals surface area contributed by atoms with Crippen LogP contribution in [0.15, 0.2) is 95.9 Å². The molecule has 0 saturated heterocycles. The van der Waals surface area contributed by atoms with Gasteiger partial charge in [-0.05, 0) is 72.4 Å². The maximum atomic E-state index is 14.3. The molecule has 1 amide bonds. The zero-order valence-electron chi connectivity index (χ0n) is 22.7. The fourth-order valence-electron chi connectivity index (χ4n) is 5.37. The second-order valence-electron chi connectivity index (χ2n) is 10.1. The smallest absolute Gasteiger partial charge is 0.337 e. The van der Waals surface area contributed by atoms with Gasteiger partial charge in [0.05, 0.1) is 22.7 Å². The van der Waals surface area contributed by atoms with Gasteiger partial charge in [0.15, 0.2) is 0 Å². The Morgan fingerprint density at radius 1 is 0.791 bits per heavy atom. The monoisotopic (exact) mass is 601 g/mol. The molecule has 0 bridgehead atoms. The van der Waals surface area contributed by atoms with Gasteiger partial charge >= 0.3 is 11.9 Å². The lowest BCUT2D eigenvalue weighted by Crippen LogP contribution is -2.37. The van der Waals surface area contributed by atoms with Gasteiger partial charge in [-0.2, -0.15) is 8.42 Å². The van der Waals surface area contributed by atoms with Gasteiger partial charge in [0, 0.05) is 6.54 Å². The fraction of sp³-hybridized carbons (Fsp3) is 0.156. The minimum absolute atomic E-state index is 0.00530. The van der Waals surface area contributed by atoms with Crippen LogP contribution >= 0.6 is 0 Å². The van der Waals surface area contributed by atoms with Crippen molar-refractivity contribution in [2.75, 3.05) is 0 Å². The molecule has 0 heterocycles. The Balaban J connectivity index is 1.62. The number of nitrogens with zero attached hydrogens (tertiary/aromatic N) is 1. The summed E-state index contributed by atoms with van der Waals surface area (Å²) in [5.41, 5.74) is 0.385. The summed E-state index contributed by atoms with van der Waals surface area (Å²) in [4.78, 5) is 38.9. The van der Waals surface area contributed by atoms with Crippen molar-refractivity contribution in [2.45, 2.75) is 36.7 Å². The fourth-order valence-corrected chi connectivity index (χ4v) is 6.06. The average Bonchev–Trinajstić information content (AvgIpc) is 2.99. The highest BCUT2D eigenvalue weighted by atomic mass is 32.2. The van der Waals surface area contributed by atoms with E-state index in [2.05, 4.69) is 0 Å². The summed E-state index contributed by atoms with van der Waals surface area (Å²) < 4.78 is 39.4. The number of carboxylic acid groups (broad SMARTS) is 2. The molecule has 0 fully saturated rings. The molecule has 0 saturated carbocycles. The molecular formula is C32H27NO9S. The minimum atomic E-state index is -5.12. The molecule has 4 aromatic carbocycles. The number of carbonyl (C=O) groups is 3. The van der Waals surface area contributed by atoms with Crippen LogP contribution in [0.25, 0.3) is 0 Å². The van der Waals surface area contributed by atoms with Gasteiger partial charge in [0.2, 0.25) is 0 Å². The number of benzene rings is 4. The van der Waals surface area contributed by atoms with Gasteiger partial charge in [-0.1, -0.05) is 54.6 Å². The lowest BCUT2D eigenvalue weighted by Gasteiger charge is -2.36. The third kappa shape index (κ3) is 6.42. The van der Waals surface area contributed by atoms with Crippen LogP contribution in [0.4, 0.5) is 0 Å². The van der Waals surface area contributed by atoms with Crippen LogP contribution in [0.2, 0.25) is 0 Å². The normalized spacial score (nSPS) is 14.4. The summed E-state index contributed by atoms with van der Waals surface area (Å²) in [6.45, 7) is 0.00530. The van der Waals surface area contributed by atoms with Gasteiger partial charge in [0.25, 0.3) is 16.0 Å². The Hall–Kier alpha value is -5.00. The van der Waals surface area contributed by atoms with Crippen molar-refractivity contribution >= 4 is 28.0 Å². The Labute approximate surface area is 247 Å². The third-order valence-corrected chi connectivity index (χ3v) is 8.19. The van der Waals surface area contributed by atoms with Crippen LogP contribution in [0.1, 0.15) is 66.6 Å². The topological polar surface area (TPSA) is 159 Å². The van der Waals surface area contributed by atoms with Gasteiger partial charge in [-0.25, -0.2) is 9.59 Å². The van der Waals surface area contributed by atoms with Crippen molar-refractivity contribution in [3.8, 4) is 11.5 Å². The summed E-state index contributed by atoms with van der Waals surface area (Å²) >= 11 is 0. The van der Waals surface area contributed by atoms with Crippen molar-refractivity contribution in [1.82, 2.24) is 4.90 Å². The van der Waals surface area contributed by atoms with Crippen LogP contribution in [0.5, 0.6) is 11.5 Å². The molecule has 1 atom stereocenters. The van der Waals surface area contributed by atoms with Crippen molar-refractivity contribution < 1.29 is 42.3 Å². The van der Waals surface area contributed by atoms with Crippen molar-refractivity contribution in [3.05, 3.63) is 124 Å². The van der Waals surface area contributed by atoms with E-state index in [-0.39, 0.29) is 6.54 Å². The third-order valence-electron chi connectivity index (χ3n) is 7.29. The number of carboxylic acids is 2. The lowest BCUT2D eigenvalue weighted by molar-refractivity contribution is 0.0614. The zero-order valence-corrected chi connectivity index (χ0v) is 23.5. The standard InChI is InChI=1S/C32H27NO9S/c34-30(25-17-27(32(37)38)29(43(39,40)41)18-26(25)31(35)36)33(28-15-7-10-21-9-4-5-14-24(21)28)19-20-8-6-13-23(16-20)42-22-11-2-1-3-12-22/h1-6,8-9,11-14,16-18,28H,7,10,15,19H2,(H,35,36)(H,37,38)(H,39,40,41)/t28-/m0/s1. The van der Waals surface area contributed by atoms with E-state index in [4.69, 9.17) is 4.74 Å². The molecule has 43 heavy (non-hydrogen) atoms. The number of aromatic carboxylic acids is 2. The van der Waals surface area contributed by atoms with Crippen molar-refractivity contribution in [3.63, 3.8) is 0 Å². The molecule has 11 heteroatoms. The van der Waals surface area contributed by atoms with Crippen LogP contribution in [-0.4, -0.2) is 45.9 Å². The number of ether oxygens (including phenoxy) is 1. The molecule has 1 aliphatic carbocycles. The van der Waals surface area contributed by atoms with Crippen molar-refractivity contribution in [1.29, 1.82) is 0 Å². The predicted octanol–water partition coefficient (Wildman–Crippen LogP) is 5.84. The first-order valence-electron chi connectivity index (χ1n) is 13.4. The highest BCUT2D eigenvalue weighted by Crippen LogP contribution is 2.37. The predicted molar refractivity (Wildman–Crippen MR) is 155 cm³/mol. The average molecular weight is 602 g/mol. The van der Waals surface area contributed by atoms with Gasteiger partial charge < -0.3 is 19.8 Å². The zero-order chi connectivity index (χ0) is 30.7. The SMILES string of the molecule is O=C(O)c1cc(S(=O)(=O)O)c(C(=O)O)cc1C(=O)N(Cc1cccc(Oc2ccccc2)c1)[C@H]1CCCc2ccccc21. The summed E-state index contributed by atoms with van der Waals surface area (Å²) in [6, 6.07) is 24.5. The van der Waals surface area contributed by atoms with Crippen molar-refractivity contribution in [2.24, 2.45) is 0 Å². The van der Waals surface area contributed by atoms with E-state index in [0.29, 0.717) is 35.6 Å². The van der Waals surface area contributed by atoms with E-state index in [1.807, 2.05) is 42.5 Å². The second kappa shape index (κ2) is 12.1. The van der Waals surface area contributed by atoms with Gasteiger partial charge in [0.1, 0.15) is 16.4 Å². The van der Waals surface area contributed by atoms with Crippen LogP contribution in [0, 0.1) is 0 Å². The second-order valence-corrected chi connectivity index (χ2v) is 11.5. The number of carbonyl (C=O) groups excluding carboxylic acids is 1. The number of amides is 1. The van der Waals surface area contributed by atoms with E-state index < -0.39 is 55.6 Å². The minimum Gasteiger partial charge on any atom is -0.478 e. The molecule has 0 radical (unpaired) electrons. The molecule has 0 spiro atoms. The Morgan fingerprint density at radius 2 is 1.47 bits per heavy atom. The highest BCUT2D eigenvalue weighted by Gasteiger charge is 2.34. The summed E-state index contributed by atoms with van der Waals surface area (Å²) in [6.07, 6.45) is 2.10. The number of hydrogen-bond acceptors (Lipinski definition) is 6. The molecule has 0 unspecified atom stereocenters. The molecule has 0 aliphatic heterocycles. The lowest BCUT2D eigenvalue weighted by atomic mass is 9.86. The maximum Gasteiger partial charge on any atom is 0.337 e. The molecule has 3 N–H and O–H groups in total. The number of rotatable bonds is 9.